The molecule has 61 heavy (non-hydrogen) atoms. The molecule has 1 heteroatoms. The maximum Gasteiger partial charge on any atom is 0.0620 e. The summed E-state index contributed by atoms with van der Waals surface area (Å²) in [6, 6.07) is 83.2. The summed E-state index contributed by atoms with van der Waals surface area (Å²) in [5.74, 6) is 0. The second-order valence-corrected chi connectivity index (χ2v) is 16.3. The third-order valence-corrected chi connectivity index (χ3v) is 13.1. The standard InChI is InChI=1S/C60H37N/c1-3-17-38(18-4-1)42-33-34-49-54(37-42)55(41-21-5-2-6-22-41)45-25-11-12-26-46(45)56(49)57-47-27-13-15-29-50(47)60(51-30-16-14-28-48(51)57)61-58-43-23-9-7-19-39(43)31-35-52(58)53-36-32-40-20-8-10-24-44(40)59(53)61/h1-37H. The molecule has 0 aliphatic carbocycles. The summed E-state index contributed by atoms with van der Waals surface area (Å²) in [5.41, 5.74) is 11.1. The fraction of sp³-hybridized carbons (Fsp3) is 0. The Morgan fingerprint density at radius 2 is 0.590 bits per heavy atom. The third kappa shape index (κ3) is 4.95. The molecular weight excluding hydrogens is 735 g/mol. The second kappa shape index (κ2) is 13.3. The summed E-state index contributed by atoms with van der Waals surface area (Å²) >= 11 is 0. The highest BCUT2D eigenvalue weighted by Crippen LogP contribution is 2.51. The largest absolute Gasteiger partial charge is 0.307 e. The van der Waals surface area contributed by atoms with Crippen LogP contribution < -0.4 is 0 Å². The van der Waals surface area contributed by atoms with Crippen molar-refractivity contribution in [3.8, 4) is 39.1 Å². The van der Waals surface area contributed by atoms with E-state index < -0.39 is 0 Å². The molecule has 0 spiro atoms. The molecule has 0 aliphatic rings. The predicted octanol–water partition coefficient (Wildman–Crippen LogP) is 16.7. The van der Waals surface area contributed by atoms with Crippen LogP contribution >= 0.6 is 0 Å². The summed E-state index contributed by atoms with van der Waals surface area (Å²) in [5, 5.41) is 17.4. The van der Waals surface area contributed by atoms with Gasteiger partial charge < -0.3 is 4.57 Å². The molecule has 0 saturated carbocycles. The SMILES string of the molecule is c1ccc(-c2ccc3c(-c4c5ccccc5c(-n5c6c7ccccc7ccc6c6ccc7ccccc7c65)c5ccccc45)c4ccccc4c(-c4ccccc4)c3c2)cc1. The first-order valence-corrected chi connectivity index (χ1v) is 21.2. The smallest absolute Gasteiger partial charge is 0.0620 e. The molecule has 0 bridgehead atoms. The lowest BCUT2D eigenvalue weighted by atomic mass is 9.82. The van der Waals surface area contributed by atoms with Crippen LogP contribution in [-0.4, -0.2) is 4.57 Å². The van der Waals surface area contributed by atoms with Crippen molar-refractivity contribution in [3.05, 3.63) is 224 Å². The highest BCUT2D eigenvalue weighted by atomic mass is 15.0. The number of benzene rings is 12. The van der Waals surface area contributed by atoms with Gasteiger partial charge in [0.15, 0.2) is 0 Å². The van der Waals surface area contributed by atoms with Gasteiger partial charge in [0.25, 0.3) is 0 Å². The monoisotopic (exact) mass is 771 g/mol. The number of hydrogen-bond acceptors (Lipinski definition) is 0. The van der Waals surface area contributed by atoms with Crippen LogP contribution in [0.25, 0.3) is 126 Å². The number of hydrogen-bond donors (Lipinski definition) is 0. The Bertz CT molecular complexity index is 3760. The lowest BCUT2D eigenvalue weighted by Crippen LogP contribution is -2.00. The molecule has 13 aromatic rings. The van der Waals surface area contributed by atoms with E-state index in [1.165, 1.54) is 126 Å². The van der Waals surface area contributed by atoms with E-state index in [-0.39, 0.29) is 0 Å². The van der Waals surface area contributed by atoms with Crippen LogP contribution in [0.5, 0.6) is 0 Å². The third-order valence-electron chi connectivity index (χ3n) is 13.1. The zero-order valence-electron chi connectivity index (χ0n) is 33.3. The molecule has 0 radical (unpaired) electrons. The van der Waals surface area contributed by atoms with Gasteiger partial charge >= 0.3 is 0 Å². The lowest BCUT2D eigenvalue weighted by Gasteiger charge is -2.23. The van der Waals surface area contributed by atoms with Crippen molar-refractivity contribution >= 4 is 86.4 Å². The Morgan fingerprint density at radius 3 is 1.11 bits per heavy atom. The van der Waals surface area contributed by atoms with E-state index >= 15 is 0 Å². The highest BCUT2D eigenvalue weighted by Gasteiger charge is 2.25. The Balaban J connectivity index is 1.24. The number of rotatable bonds is 4. The van der Waals surface area contributed by atoms with E-state index in [9.17, 15) is 0 Å². The highest BCUT2D eigenvalue weighted by molar-refractivity contribution is 6.31. The van der Waals surface area contributed by atoms with Crippen LogP contribution in [0.15, 0.2) is 224 Å². The Hall–Kier alpha value is -8.00. The second-order valence-electron chi connectivity index (χ2n) is 16.3. The number of fused-ring (bicyclic) bond motifs is 11. The first-order valence-electron chi connectivity index (χ1n) is 21.2. The van der Waals surface area contributed by atoms with Crippen molar-refractivity contribution in [1.82, 2.24) is 4.57 Å². The van der Waals surface area contributed by atoms with Gasteiger partial charge in [0.05, 0.1) is 16.7 Å². The molecular formula is C60H37N. The minimum Gasteiger partial charge on any atom is -0.307 e. The fourth-order valence-corrected chi connectivity index (χ4v) is 10.6. The van der Waals surface area contributed by atoms with E-state index in [4.69, 9.17) is 0 Å². The summed E-state index contributed by atoms with van der Waals surface area (Å²) in [6.45, 7) is 0. The van der Waals surface area contributed by atoms with E-state index in [2.05, 4.69) is 229 Å². The molecule has 1 aromatic heterocycles. The van der Waals surface area contributed by atoms with E-state index in [0.29, 0.717) is 0 Å². The summed E-state index contributed by atoms with van der Waals surface area (Å²) in [4.78, 5) is 0. The van der Waals surface area contributed by atoms with Gasteiger partial charge in [0.2, 0.25) is 0 Å². The zero-order chi connectivity index (χ0) is 40.0. The van der Waals surface area contributed by atoms with Crippen LogP contribution in [0.1, 0.15) is 0 Å². The molecule has 13 rings (SSSR count). The normalized spacial score (nSPS) is 11.9. The fourth-order valence-electron chi connectivity index (χ4n) is 10.6. The van der Waals surface area contributed by atoms with Crippen LogP contribution in [-0.2, 0) is 0 Å². The molecule has 0 fully saturated rings. The predicted molar refractivity (Wildman–Crippen MR) is 262 cm³/mol. The maximum atomic E-state index is 2.62. The van der Waals surface area contributed by atoms with Crippen molar-refractivity contribution in [3.63, 3.8) is 0 Å². The molecule has 1 nitrogen and oxygen atoms in total. The topological polar surface area (TPSA) is 4.93 Å². The van der Waals surface area contributed by atoms with Gasteiger partial charge in [-0.25, -0.2) is 0 Å². The van der Waals surface area contributed by atoms with Crippen molar-refractivity contribution in [1.29, 1.82) is 0 Å². The first kappa shape index (κ1) is 33.9. The summed E-state index contributed by atoms with van der Waals surface area (Å²) in [7, 11) is 0. The van der Waals surface area contributed by atoms with Crippen molar-refractivity contribution in [2.45, 2.75) is 0 Å². The molecule has 12 aromatic carbocycles. The quantitative estimate of drug-likeness (QED) is 0.157. The van der Waals surface area contributed by atoms with Crippen LogP contribution in [0.3, 0.4) is 0 Å². The van der Waals surface area contributed by atoms with E-state index in [1.54, 1.807) is 0 Å². The van der Waals surface area contributed by atoms with Crippen LogP contribution in [0.2, 0.25) is 0 Å². The maximum absolute atomic E-state index is 2.62. The zero-order valence-corrected chi connectivity index (χ0v) is 33.3. The molecule has 0 saturated heterocycles. The van der Waals surface area contributed by atoms with E-state index in [1.807, 2.05) is 0 Å². The molecule has 0 N–H and O–H groups in total. The van der Waals surface area contributed by atoms with Gasteiger partial charge in [0.1, 0.15) is 0 Å². The Morgan fingerprint density at radius 1 is 0.213 bits per heavy atom. The van der Waals surface area contributed by atoms with Gasteiger partial charge in [-0.3, -0.25) is 0 Å². The molecule has 0 amide bonds. The van der Waals surface area contributed by atoms with Gasteiger partial charge in [-0.15, -0.1) is 0 Å². The number of aromatic nitrogens is 1. The Labute approximate surface area is 353 Å². The molecule has 0 atom stereocenters. The molecule has 0 aliphatic heterocycles. The summed E-state index contributed by atoms with van der Waals surface area (Å²) in [6.07, 6.45) is 0. The lowest BCUT2D eigenvalue weighted by molar-refractivity contribution is 1.23. The average Bonchev–Trinajstić information content (AvgIpc) is 3.68. The van der Waals surface area contributed by atoms with Gasteiger partial charge in [-0.05, 0) is 82.5 Å². The minimum absolute atomic E-state index is 1.21. The number of nitrogens with zero attached hydrogens (tertiary/aromatic N) is 1. The van der Waals surface area contributed by atoms with Crippen molar-refractivity contribution < 1.29 is 0 Å². The Kier molecular flexibility index (Phi) is 7.37. The van der Waals surface area contributed by atoms with Gasteiger partial charge in [-0.2, -0.15) is 0 Å². The van der Waals surface area contributed by atoms with Crippen LogP contribution in [0, 0.1) is 0 Å². The summed E-state index contributed by atoms with van der Waals surface area (Å²) < 4.78 is 2.62. The molecule has 282 valence electrons. The van der Waals surface area contributed by atoms with Gasteiger partial charge in [-0.1, -0.05) is 218 Å². The van der Waals surface area contributed by atoms with Crippen molar-refractivity contribution in [2.24, 2.45) is 0 Å². The first-order chi connectivity index (χ1) is 30.3. The van der Waals surface area contributed by atoms with Gasteiger partial charge in [0, 0.05) is 32.3 Å². The molecule has 0 unspecified atom stereocenters. The molecule has 1 heterocycles. The average molecular weight is 772 g/mol. The van der Waals surface area contributed by atoms with Crippen LogP contribution in [0.4, 0.5) is 0 Å². The van der Waals surface area contributed by atoms with E-state index in [0.717, 1.165) is 0 Å². The minimum atomic E-state index is 1.21. The van der Waals surface area contributed by atoms with Crippen molar-refractivity contribution in [2.75, 3.05) is 0 Å².